The van der Waals surface area contributed by atoms with Gasteiger partial charge >= 0.3 is 5.97 Å². The molecule has 9 nitrogen and oxygen atoms in total. The normalized spacial score (nSPS) is 33.1. The van der Waals surface area contributed by atoms with Gasteiger partial charge in [-0.05, 0) is 68.5 Å². The third-order valence-corrected chi connectivity index (χ3v) is 9.12. The molecule has 230 valence electrons. The molecule has 4 N–H and O–H groups in total. The van der Waals surface area contributed by atoms with Crippen LogP contribution in [0.3, 0.4) is 0 Å². The lowest BCUT2D eigenvalue weighted by Gasteiger charge is -2.34. The summed E-state index contributed by atoms with van der Waals surface area (Å²) in [6.07, 6.45) is 2.76. The Kier molecular flexibility index (Phi) is 9.30. The molecule has 0 unspecified atom stereocenters. The zero-order chi connectivity index (χ0) is 31.0. The second-order valence-electron chi connectivity index (χ2n) is 12.9. The van der Waals surface area contributed by atoms with E-state index in [4.69, 9.17) is 15.2 Å². The third kappa shape index (κ3) is 6.93. The van der Waals surface area contributed by atoms with E-state index >= 15 is 0 Å². The number of rotatable bonds is 3. The summed E-state index contributed by atoms with van der Waals surface area (Å²) in [7, 11) is 0. The monoisotopic (exact) mass is 585 g/mol. The highest BCUT2D eigenvalue weighted by atomic mass is 19.1. The first-order chi connectivity index (χ1) is 19.6. The first kappa shape index (κ1) is 31.8. The number of nitrogens with two attached hydrogens (primary N) is 1. The number of aliphatic hydroxyl groups is 2. The standard InChI is InChI=1S/C32H44FN3O6/c1-18-8-7-12-32(6)27(42-32)16-25(41-28(38)17-26(37)31(4,5)30(40)20(3)29(18)39)19(2)14-22-11-13-36(35-22)24-10-9-21(34)15-23(24)33/h9-11,13-15,18,20,25-27,29,37,39H,7-8,12,16-17,34H2,1-6H3/b19-14+/t18-,20+,25-,26-,27-,29-,32+/m0/s1. The number of ether oxygens (including phenoxy) is 2. The van der Waals surface area contributed by atoms with Gasteiger partial charge in [-0.3, -0.25) is 9.59 Å². The molecule has 10 heteroatoms. The molecule has 2 fully saturated rings. The van der Waals surface area contributed by atoms with Gasteiger partial charge < -0.3 is 25.4 Å². The number of carbonyl (C=O) groups excluding carboxylic acids is 2. The third-order valence-electron chi connectivity index (χ3n) is 9.12. The molecule has 0 saturated carbocycles. The predicted molar refractivity (Wildman–Crippen MR) is 157 cm³/mol. The first-order valence-corrected chi connectivity index (χ1v) is 14.7. The zero-order valence-corrected chi connectivity index (χ0v) is 25.3. The molecule has 2 aliphatic rings. The van der Waals surface area contributed by atoms with E-state index in [0.717, 1.165) is 19.3 Å². The van der Waals surface area contributed by atoms with Crippen molar-refractivity contribution >= 4 is 23.5 Å². The number of hydrogen-bond acceptors (Lipinski definition) is 8. The molecule has 0 amide bonds. The number of epoxide rings is 1. The molecular formula is C32H44FN3O6. The van der Waals surface area contributed by atoms with E-state index in [1.54, 1.807) is 51.2 Å². The van der Waals surface area contributed by atoms with E-state index in [0.29, 0.717) is 23.4 Å². The predicted octanol–water partition coefficient (Wildman–Crippen LogP) is 4.62. The van der Waals surface area contributed by atoms with Gasteiger partial charge in [0.1, 0.15) is 17.6 Å². The summed E-state index contributed by atoms with van der Waals surface area (Å²) >= 11 is 0. The van der Waals surface area contributed by atoms with Crippen molar-refractivity contribution in [3.63, 3.8) is 0 Å². The van der Waals surface area contributed by atoms with Crippen LogP contribution in [0.2, 0.25) is 0 Å². The number of benzene rings is 1. The number of halogens is 1. The number of fused-ring (bicyclic) bond motifs is 1. The summed E-state index contributed by atoms with van der Waals surface area (Å²) < 4.78 is 27.8. The van der Waals surface area contributed by atoms with E-state index in [2.05, 4.69) is 5.10 Å². The number of hydrogen-bond donors (Lipinski definition) is 3. The van der Waals surface area contributed by atoms with E-state index < -0.39 is 41.4 Å². The Morgan fingerprint density at radius 3 is 2.60 bits per heavy atom. The quantitative estimate of drug-likeness (QED) is 0.269. The van der Waals surface area contributed by atoms with Gasteiger partial charge in [-0.1, -0.05) is 34.1 Å². The Morgan fingerprint density at radius 1 is 1.19 bits per heavy atom. The maximum atomic E-state index is 14.4. The van der Waals surface area contributed by atoms with Crippen LogP contribution < -0.4 is 5.73 Å². The van der Waals surface area contributed by atoms with Gasteiger partial charge in [-0.2, -0.15) is 5.10 Å². The summed E-state index contributed by atoms with van der Waals surface area (Å²) in [5.41, 5.74) is 5.83. The summed E-state index contributed by atoms with van der Waals surface area (Å²) in [5, 5.41) is 26.3. The number of nitrogens with zero attached hydrogens (tertiary/aromatic N) is 2. The number of aliphatic hydroxyl groups excluding tert-OH is 2. The van der Waals surface area contributed by atoms with Crippen molar-refractivity contribution in [3.8, 4) is 5.69 Å². The number of anilines is 1. The van der Waals surface area contributed by atoms with E-state index in [-0.39, 0.29) is 35.5 Å². The van der Waals surface area contributed by atoms with Crippen LogP contribution in [0.1, 0.15) is 79.3 Å². The van der Waals surface area contributed by atoms with E-state index in [1.165, 1.54) is 10.7 Å². The van der Waals surface area contributed by atoms with Gasteiger partial charge in [0.2, 0.25) is 0 Å². The highest BCUT2D eigenvalue weighted by Crippen LogP contribution is 2.45. The number of esters is 1. The van der Waals surface area contributed by atoms with Crippen LogP contribution in [0.4, 0.5) is 10.1 Å². The van der Waals surface area contributed by atoms with Crippen molar-refractivity contribution in [2.24, 2.45) is 17.3 Å². The van der Waals surface area contributed by atoms with Crippen molar-refractivity contribution in [2.75, 3.05) is 5.73 Å². The molecule has 4 rings (SSSR count). The minimum atomic E-state index is -1.30. The molecule has 2 aromatic rings. The topological polar surface area (TPSA) is 140 Å². The number of carbonyl (C=O) groups is 2. The van der Waals surface area contributed by atoms with Gasteiger partial charge in [0, 0.05) is 24.2 Å². The molecular weight excluding hydrogens is 541 g/mol. The number of aromatic nitrogens is 2. The fraction of sp³-hybridized carbons (Fsp3) is 0.594. The van der Waals surface area contributed by atoms with Crippen molar-refractivity contribution in [3.05, 3.63) is 47.5 Å². The van der Waals surface area contributed by atoms with Gasteiger partial charge in [0.15, 0.2) is 5.82 Å². The largest absolute Gasteiger partial charge is 0.458 e. The summed E-state index contributed by atoms with van der Waals surface area (Å²) in [6.45, 7) is 10.6. The molecule has 0 spiro atoms. The number of nitrogen functional groups attached to an aromatic ring is 1. The summed E-state index contributed by atoms with van der Waals surface area (Å²) in [6, 6.07) is 6.10. The van der Waals surface area contributed by atoms with Crippen LogP contribution in [0, 0.1) is 23.1 Å². The van der Waals surface area contributed by atoms with Gasteiger partial charge in [-0.25, -0.2) is 9.07 Å². The number of cyclic esters (lactones) is 1. The summed E-state index contributed by atoms with van der Waals surface area (Å²) in [5.74, 6) is -2.26. The van der Waals surface area contributed by atoms with Crippen LogP contribution in [0.5, 0.6) is 0 Å². The summed E-state index contributed by atoms with van der Waals surface area (Å²) in [4.78, 5) is 26.4. The van der Waals surface area contributed by atoms with Crippen LogP contribution in [0.15, 0.2) is 36.0 Å². The Hall–Kier alpha value is -3.08. The average molecular weight is 586 g/mol. The Morgan fingerprint density at radius 2 is 1.90 bits per heavy atom. The van der Waals surface area contributed by atoms with Crippen molar-refractivity contribution in [2.45, 2.75) is 104 Å². The Labute approximate surface area is 246 Å². The molecule has 0 bridgehead atoms. The molecule has 7 atom stereocenters. The molecule has 2 saturated heterocycles. The van der Waals surface area contributed by atoms with E-state index in [1.807, 2.05) is 20.8 Å². The fourth-order valence-electron chi connectivity index (χ4n) is 5.88. The number of Topliss-reactive ketones (excluding diaryl/α,β-unsaturated/α-hetero) is 1. The number of ketones is 1. The lowest BCUT2D eigenvalue weighted by Crippen LogP contribution is -2.45. The smallest absolute Gasteiger partial charge is 0.309 e. The highest BCUT2D eigenvalue weighted by molar-refractivity contribution is 5.88. The minimum Gasteiger partial charge on any atom is -0.458 e. The van der Waals surface area contributed by atoms with Gasteiger partial charge in [0.25, 0.3) is 0 Å². The molecule has 2 aliphatic heterocycles. The second-order valence-corrected chi connectivity index (χ2v) is 12.9. The average Bonchev–Trinajstić information content (AvgIpc) is 3.31. The molecule has 1 aromatic heterocycles. The maximum absolute atomic E-state index is 14.4. The lowest BCUT2D eigenvalue weighted by molar-refractivity contribution is -0.154. The van der Waals surface area contributed by atoms with Crippen molar-refractivity contribution in [1.29, 1.82) is 0 Å². The van der Waals surface area contributed by atoms with Crippen LogP contribution in [-0.4, -0.2) is 61.8 Å². The molecule has 1 aromatic carbocycles. The first-order valence-electron chi connectivity index (χ1n) is 14.7. The van der Waals surface area contributed by atoms with Crippen molar-refractivity contribution < 1.29 is 33.7 Å². The molecule has 0 radical (unpaired) electrons. The minimum absolute atomic E-state index is 0.116. The van der Waals surface area contributed by atoms with E-state index in [9.17, 15) is 24.2 Å². The second kappa shape index (κ2) is 12.3. The zero-order valence-electron chi connectivity index (χ0n) is 25.3. The molecule has 0 aliphatic carbocycles. The van der Waals surface area contributed by atoms with Gasteiger partial charge in [0.05, 0.1) is 41.4 Å². The van der Waals surface area contributed by atoms with Gasteiger partial charge in [-0.15, -0.1) is 0 Å². The van der Waals surface area contributed by atoms with Crippen LogP contribution in [0.25, 0.3) is 11.8 Å². The lowest BCUT2D eigenvalue weighted by atomic mass is 9.73. The van der Waals surface area contributed by atoms with Crippen LogP contribution >= 0.6 is 0 Å². The Balaban J connectivity index is 1.58. The highest BCUT2D eigenvalue weighted by Gasteiger charge is 2.53. The SMILES string of the molecule is C/C(=C\c1ccn(-c2ccc(N)cc2F)n1)[C@@H]1C[C@@H]2O[C@]2(C)CCC[C@H](C)[C@H](O)[C@@H](C)C(=O)C(C)(C)[C@@H](O)CC(=O)O1. The molecule has 3 heterocycles. The maximum Gasteiger partial charge on any atom is 0.309 e. The van der Waals surface area contributed by atoms with Crippen molar-refractivity contribution in [1.82, 2.24) is 9.78 Å². The van der Waals surface area contributed by atoms with Crippen LogP contribution in [-0.2, 0) is 19.1 Å². The molecule has 42 heavy (non-hydrogen) atoms. The Bertz CT molecular complexity index is 1340. The fourth-order valence-corrected chi connectivity index (χ4v) is 5.88.